The van der Waals surface area contributed by atoms with E-state index in [-0.39, 0.29) is 11.7 Å². The second-order valence-electron chi connectivity index (χ2n) is 9.06. The maximum atomic E-state index is 6.73. The smallest absolute Gasteiger partial charge is 0.184 e. The molecule has 1 fully saturated rings. The van der Waals surface area contributed by atoms with E-state index in [2.05, 4.69) is 57.8 Å². The van der Waals surface area contributed by atoms with Crippen molar-refractivity contribution in [1.29, 1.82) is 0 Å². The fraction of sp³-hybridized carbons (Fsp3) is 0.565. The van der Waals surface area contributed by atoms with E-state index in [0.29, 0.717) is 12.5 Å². The van der Waals surface area contributed by atoms with Gasteiger partial charge in [0.25, 0.3) is 0 Å². The van der Waals surface area contributed by atoms with Crippen LogP contribution in [-0.4, -0.2) is 27.1 Å². The molecule has 148 valence electrons. The van der Waals surface area contributed by atoms with Gasteiger partial charge in [0.15, 0.2) is 8.32 Å². The fourth-order valence-electron chi connectivity index (χ4n) is 4.53. The minimum atomic E-state index is -1.66. The third-order valence-electron chi connectivity index (χ3n) is 5.59. The van der Waals surface area contributed by atoms with Crippen LogP contribution in [-0.2, 0) is 15.8 Å². The van der Waals surface area contributed by atoms with Crippen LogP contribution in [0.2, 0.25) is 19.6 Å². The Balaban J connectivity index is 1.82. The molecule has 2 aliphatic carbocycles. The Labute approximate surface area is 165 Å². The molecule has 3 atom stereocenters. The molecule has 0 aromatic heterocycles. The summed E-state index contributed by atoms with van der Waals surface area (Å²) < 4.78 is 18.5. The van der Waals surface area contributed by atoms with Gasteiger partial charge in [0.1, 0.15) is 5.75 Å². The van der Waals surface area contributed by atoms with Crippen LogP contribution >= 0.6 is 0 Å². The van der Waals surface area contributed by atoms with Crippen molar-refractivity contribution in [3.05, 3.63) is 53.1 Å². The maximum Gasteiger partial charge on any atom is 0.184 e. The molecule has 27 heavy (non-hydrogen) atoms. The molecular weight excluding hydrogens is 352 g/mol. The minimum Gasteiger partial charge on any atom is -0.497 e. The summed E-state index contributed by atoms with van der Waals surface area (Å²) in [7, 11) is 0.0305. The zero-order chi connectivity index (χ0) is 19.7. The van der Waals surface area contributed by atoms with Crippen LogP contribution in [0.5, 0.6) is 5.75 Å². The molecule has 0 heterocycles. The van der Waals surface area contributed by atoms with Crippen molar-refractivity contribution < 1.29 is 13.9 Å². The highest BCUT2D eigenvalue weighted by Crippen LogP contribution is 2.49. The van der Waals surface area contributed by atoms with Gasteiger partial charge in [0, 0.05) is 12.3 Å². The van der Waals surface area contributed by atoms with Gasteiger partial charge >= 0.3 is 0 Å². The second kappa shape index (κ2) is 7.94. The molecule has 1 saturated carbocycles. The minimum absolute atomic E-state index is 0.126. The molecule has 0 spiro atoms. The van der Waals surface area contributed by atoms with Crippen molar-refractivity contribution in [1.82, 2.24) is 0 Å². The molecule has 0 amide bonds. The van der Waals surface area contributed by atoms with Gasteiger partial charge in [-0.1, -0.05) is 29.9 Å². The predicted octanol–water partition coefficient (Wildman–Crippen LogP) is 5.88. The number of methoxy groups -OCH3 is 1. The lowest BCUT2D eigenvalue weighted by Crippen LogP contribution is -2.43. The van der Waals surface area contributed by atoms with Crippen LogP contribution in [0.25, 0.3) is 0 Å². The van der Waals surface area contributed by atoms with E-state index in [4.69, 9.17) is 13.9 Å². The first kappa shape index (κ1) is 20.4. The number of fused-ring (bicyclic) bond motifs is 1. The molecule has 1 aromatic rings. The Morgan fingerprint density at radius 3 is 2.48 bits per heavy atom. The lowest BCUT2D eigenvalue weighted by molar-refractivity contribution is 0.0178. The van der Waals surface area contributed by atoms with E-state index >= 15 is 0 Å². The van der Waals surface area contributed by atoms with Crippen LogP contribution in [0.1, 0.15) is 38.7 Å². The quantitative estimate of drug-likeness (QED) is 0.451. The van der Waals surface area contributed by atoms with Crippen molar-refractivity contribution in [2.75, 3.05) is 7.11 Å². The van der Waals surface area contributed by atoms with Crippen LogP contribution in [0.3, 0.4) is 0 Å². The van der Waals surface area contributed by atoms with E-state index in [1.165, 1.54) is 16.7 Å². The Morgan fingerprint density at radius 1 is 1.15 bits per heavy atom. The molecule has 4 heteroatoms. The van der Waals surface area contributed by atoms with E-state index in [9.17, 15) is 0 Å². The Bertz CT molecular complexity index is 714. The van der Waals surface area contributed by atoms with Crippen LogP contribution in [0, 0.1) is 5.92 Å². The van der Waals surface area contributed by atoms with E-state index < -0.39 is 8.32 Å². The number of hydrogen-bond donors (Lipinski definition) is 0. The fourth-order valence-corrected chi connectivity index (χ4v) is 6.14. The summed E-state index contributed by atoms with van der Waals surface area (Å²) in [4.78, 5) is 0. The first-order valence-electron chi connectivity index (χ1n) is 10.0. The monoisotopic (exact) mass is 386 g/mol. The number of allylic oxidation sites excluding steroid dienone is 2. The van der Waals surface area contributed by atoms with Gasteiger partial charge in [-0.25, -0.2) is 0 Å². The second-order valence-corrected chi connectivity index (χ2v) is 13.5. The molecule has 0 radical (unpaired) electrons. The molecule has 1 aromatic carbocycles. The highest BCUT2D eigenvalue weighted by Gasteiger charge is 2.50. The third kappa shape index (κ3) is 4.73. The van der Waals surface area contributed by atoms with Crippen molar-refractivity contribution in [3.8, 4) is 5.75 Å². The summed E-state index contributed by atoms with van der Waals surface area (Å²) in [6.07, 6.45) is 7.99. The molecule has 2 aliphatic rings. The van der Waals surface area contributed by atoms with Crippen LogP contribution < -0.4 is 4.74 Å². The van der Waals surface area contributed by atoms with Gasteiger partial charge in [0.05, 0.1) is 25.4 Å². The highest BCUT2D eigenvalue weighted by atomic mass is 28.4. The maximum absolute atomic E-state index is 6.73. The zero-order valence-electron chi connectivity index (χ0n) is 17.7. The number of rotatable bonds is 6. The van der Waals surface area contributed by atoms with Crippen molar-refractivity contribution in [3.63, 3.8) is 0 Å². The van der Waals surface area contributed by atoms with Gasteiger partial charge in [-0.15, -0.1) is 0 Å². The van der Waals surface area contributed by atoms with Crippen molar-refractivity contribution >= 4 is 8.32 Å². The van der Waals surface area contributed by atoms with Gasteiger partial charge < -0.3 is 13.9 Å². The summed E-state index contributed by atoms with van der Waals surface area (Å²) >= 11 is 0. The lowest BCUT2D eigenvalue weighted by atomic mass is 9.89. The Hall–Kier alpha value is -1.36. The SMILES string of the molecule is COc1ccc(CO[C@@H]2C[C@](C)(O[Si](C)(C)C)[C@@H]3C=CCCC(C)=C32)cc1. The summed E-state index contributed by atoms with van der Waals surface area (Å²) in [6.45, 7) is 12.0. The summed E-state index contributed by atoms with van der Waals surface area (Å²) in [5.41, 5.74) is 3.94. The molecule has 0 saturated heterocycles. The molecule has 0 bridgehead atoms. The van der Waals surface area contributed by atoms with Gasteiger partial charge in [-0.3, -0.25) is 0 Å². The first-order valence-corrected chi connectivity index (χ1v) is 13.4. The Kier molecular flexibility index (Phi) is 5.99. The third-order valence-corrected chi connectivity index (χ3v) is 6.67. The van der Waals surface area contributed by atoms with E-state index in [1.807, 2.05) is 12.1 Å². The molecule has 0 aliphatic heterocycles. The van der Waals surface area contributed by atoms with Crippen molar-refractivity contribution in [2.45, 2.75) is 71.1 Å². The molecular formula is C23H34O3Si. The average Bonchev–Trinajstić information content (AvgIpc) is 2.73. The number of ether oxygens (including phenoxy) is 2. The lowest BCUT2D eigenvalue weighted by Gasteiger charge is -2.36. The largest absolute Gasteiger partial charge is 0.497 e. The van der Waals surface area contributed by atoms with Gasteiger partial charge in [-0.2, -0.15) is 0 Å². The summed E-state index contributed by atoms with van der Waals surface area (Å²) in [5.74, 6) is 1.20. The summed E-state index contributed by atoms with van der Waals surface area (Å²) in [6, 6.07) is 8.15. The molecule has 3 nitrogen and oxygen atoms in total. The number of hydrogen-bond acceptors (Lipinski definition) is 3. The van der Waals surface area contributed by atoms with Gasteiger partial charge in [0.2, 0.25) is 0 Å². The normalized spacial score (nSPS) is 28.2. The van der Waals surface area contributed by atoms with E-state index in [1.54, 1.807) is 7.11 Å². The summed E-state index contributed by atoms with van der Waals surface area (Å²) in [5, 5.41) is 0. The number of benzene rings is 1. The Morgan fingerprint density at radius 2 is 1.85 bits per heavy atom. The van der Waals surface area contributed by atoms with Crippen LogP contribution in [0.15, 0.2) is 47.6 Å². The molecule has 0 unspecified atom stereocenters. The highest BCUT2D eigenvalue weighted by molar-refractivity contribution is 6.69. The zero-order valence-corrected chi connectivity index (χ0v) is 18.7. The van der Waals surface area contributed by atoms with Gasteiger partial charge in [-0.05, 0) is 69.6 Å². The molecule has 3 rings (SSSR count). The van der Waals surface area contributed by atoms with Crippen molar-refractivity contribution in [2.24, 2.45) is 5.92 Å². The molecule has 0 N–H and O–H groups in total. The topological polar surface area (TPSA) is 27.7 Å². The standard InChI is InChI=1S/C23H34O3Si/c1-17-9-7-8-10-20-22(17)21(15-23(20,2)26-27(4,5)6)25-16-18-11-13-19(24-3)14-12-18/h8,10-14,20-21H,7,9,15-16H2,1-6H3/t20-,21-,23+/m1/s1. The van der Waals surface area contributed by atoms with E-state index in [0.717, 1.165) is 25.0 Å². The van der Waals surface area contributed by atoms with Crippen LogP contribution in [0.4, 0.5) is 0 Å². The average molecular weight is 387 g/mol. The first-order chi connectivity index (χ1) is 12.7. The predicted molar refractivity (Wildman–Crippen MR) is 114 cm³/mol.